The Balaban J connectivity index is 2.17. The maximum Gasteiger partial charge on any atom is 0.573 e. The zero-order valence-corrected chi connectivity index (χ0v) is 13.0. The molecule has 0 atom stereocenters. The van der Waals surface area contributed by atoms with E-state index in [4.69, 9.17) is 0 Å². The third kappa shape index (κ3) is 5.13. The molecule has 0 spiro atoms. The second-order valence-corrected chi connectivity index (χ2v) is 5.56. The Morgan fingerprint density at radius 1 is 1.35 bits per heavy atom. The van der Waals surface area contributed by atoms with Crippen molar-refractivity contribution in [3.8, 4) is 5.75 Å². The van der Waals surface area contributed by atoms with E-state index < -0.39 is 6.36 Å². The van der Waals surface area contributed by atoms with E-state index in [0.717, 1.165) is 38.4 Å². The summed E-state index contributed by atoms with van der Waals surface area (Å²) in [6.07, 6.45) is -2.26. The molecule has 4 nitrogen and oxygen atoms in total. The molecule has 7 heteroatoms. The number of benzene rings is 1. The Labute approximate surface area is 133 Å². The van der Waals surface area contributed by atoms with Crippen LogP contribution in [0.15, 0.2) is 24.3 Å². The van der Waals surface area contributed by atoms with Crippen LogP contribution in [0.2, 0.25) is 0 Å². The SMILES string of the molecule is CCCN(C(=O)c1cccc(OC(F)(F)F)c1)C1CCNCC1. The molecule has 0 aromatic heterocycles. The lowest BCUT2D eigenvalue weighted by Gasteiger charge is -2.34. The lowest BCUT2D eigenvalue weighted by atomic mass is 10.0. The number of carbonyl (C=O) groups is 1. The normalized spacial score (nSPS) is 16.2. The molecular weight excluding hydrogens is 309 g/mol. The molecule has 1 fully saturated rings. The Kier molecular flexibility index (Phi) is 5.87. The topological polar surface area (TPSA) is 41.6 Å². The second-order valence-electron chi connectivity index (χ2n) is 5.56. The molecule has 0 bridgehead atoms. The van der Waals surface area contributed by atoms with Gasteiger partial charge in [-0.3, -0.25) is 4.79 Å². The minimum absolute atomic E-state index is 0.121. The van der Waals surface area contributed by atoms with Gasteiger partial charge in [-0.2, -0.15) is 0 Å². The third-order valence-corrected chi connectivity index (χ3v) is 3.79. The van der Waals surface area contributed by atoms with Crippen molar-refractivity contribution in [3.63, 3.8) is 0 Å². The molecule has 1 saturated heterocycles. The second kappa shape index (κ2) is 7.68. The maximum atomic E-state index is 12.7. The van der Waals surface area contributed by atoms with Crippen molar-refractivity contribution in [1.82, 2.24) is 10.2 Å². The average molecular weight is 330 g/mol. The van der Waals surface area contributed by atoms with Gasteiger partial charge in [-0.15, -0.1) is 13.2 Å². The Morgan fingerprint density at radius 3 is 2.65 bits per heavy atom. The van der Waals surface area contributed by atoms with E-state index in [1.807, 2.05) is 6.92 Å². The third-order valence-electron chi connectivity index (χ3n) is 3.79. The molecule has 1 aliphatic rings. The van der Waals surface area contributed by atoms with Gasteiger partial charge >= 0.3 is 6.36 Å². The molecule has 1 aromatic carbocycles. The van der Waals surface area contributed by atoms with E-state index in [0.29, 0.717) is 6.54 Å². The highest BCUT2D eigenvalue weighted by atomic mass is 19.4. The predicted octanol–water partition coefficient (Wildman–Crippen LogP) is 3.19. The van der Waals surface area contributed by atoms with Crippen LogP contribution in [0.25, 0.3) is 0 Å². The number of nitrogens with zero attached hydrogens (tertiary/aromatic N) is 1. The molecule has 0 saturated carbocycles. The highest BCUT2D eigenvalue weighted by Crippen LogP contribution is 2.24. The molecule has 0 aliphatic carbocycles. The smallest absolute Gasteiger partial charge is 0.406 e. The van der Waals surface area contributed by atoms with E-state index >= 15 is 0 Å². The van der Waals surface area contributed by atoms with Crippen molar-refractivity contribution in [2.24, 2.45) is 0 Å². The molecule has 128 valence electrons. The first-order valence-electron chi connectivity index (χ1n) is 7.78. The van der Waals surface area contributed by atoms with E-state index in [1.54, 1.807) is 4.90 Å². The van der Waals surface area contributed by atoms with Gasteiger partial charge in [-0.05, 0) is 50.6 Å². The molecule has 0 radical (unpaired) electrons. The van der Waals surface area contributed by atoms with Crippen molar-refractivity contribution in [1.29, 1.82) is 0 Å². The van der Waals surface area contributed by atoms with Crippen LogP contribution in [-0.4, -0.2) is 42.8 Å². The van der Waals surface area contributed by atoms with Crippen LogP contribution in [-0.2, 0) is 0 Å². The molecular formula is C16H21F3N2O2. The van der Waals surface area contributed by atoms with Gasteiger partial charge < -0.3 is 15.0 Å². The summed E-state index contributed by atoms with van der Waals surface area (Å²) >= 11 is 0. The van der Waals surface area contributed by atoms with E-state index in [1.165, 1.54) is 18.2 Å². The highest BCUT2D eigenvalue weighted by Gasteiger charge is 2.32. The zero-order valence-electron chi connectivity index (χ0n) is 13.0. The van der Waals surface area contributed by atoms with Crippen molar-refractivity contribution in [2.75, 3.05) is 19.6 Å². The van der Waals surface area contributed by atoms with E-state index in [2.05, 4.69) is 10.1 Å². The summed E-state index contributed by atoms with van der Waals surface area (Å²) in [5.74, 6) is -0.614. The molecule has 0 unspecified atom stereocenters. The number of hydrogen-bond donors (Lipinski definition) is 1. The number of nitrogens with one attached hydrogen (secondary N) is 1. The van der Waals surface area contributed by atoms with Crippen molar-refractivity contribution in [2.45, 2.75) is 38.6 Å². The van der Waals surface area contributed by atoms with Crippen molar-refractivity contribution < 1.29 is 22.7 Å². The fourth-order valence-corrected chi connectivity index (χ4v) is 2.80. The monoisotopic (exact) mass is 330 g/mol. The number of halogens is 3. The first-order valence-corrected chi connectivity index (χ1v) is 7.78. The van der Waals surface area contributed by atoms with Crippen molar-refractivity contribution in [3.05, 3.63) is 29.8 Å². The average Bonchev–Trinajstić information content (AvgIpc) is 2.51. The molecule has 1 amide bonds. The summed E-state index contributed by atoms with van der Waals surface area (Å²) in [5.41, 5.74) is 0.221. The Hall–Kier alpha value is -1.76. The summed E-state index contributed by atoms with van der Waals surface area (Å²) in [6.45, 7) is 4.25. The number of ether oxygens (including phenoxy) is 1. The summed E-state index contributed by atoms with van der Waals surface area (Å²) in [6, 6.07) is 5.39. The zero-order chi connectivity index (χ0) is 16.9. The van der Waals surface area contributed by atoms with Crippen LogP contribution in [0, 0.1) is 0 Å². The summed E-state index contributed by atoms with van der Waals surface area (Å²) in [5, 5.41) is 3.24. The molecule has 1 heterocycles. The van der Waals surface area contributed by atoms with E-state index in [9.17, 15) is 18.0 Å². The van der Waals surface area contributed by atoms with Gasteiger partial charge in [-0.1, -0.05) is 13.0 Å². The largest absolute Gasteiger partial charge is 0.573 e. The van der Waals surface area contributed by atoms with Crippen LogP contribution in [0.4, 0.5) is 13.2 Å². The van der Waals surface area contributed by atoms with Gasteiger partial charge in [0.15, 0.2) is 0 Å². The van der Waals surface area contributed by atoms with Crippen LogP contribution in [0.1, 0.15) is 36.5 Å². The number of piperidine rings is 1. The summed E-state index contributed by atoms with van der Waals surface area (Å²) < 4.78 is 40.9. The maximum absolute atomic E-state index is 12.7. The van der Waals surface area contributed by atoms with Gasteiger partial charge in [0.05, 0.1) is 0 Å². The van der Waals surface area contributed by atoms with Gasteiger partial charge in [0.2, 0.25) is 0 Å². The van der Waals surface area contributed by atoms with Crippen LogP contribution in [0.3, 0.4) is 0 Å². The summed E-state index contributed by atoms with van der Waals surface area (Å²) in [4.78, 5) is 14.5. The summed E-state index contributed by atoms with van der Waals surface area (Å²) in [7, 11) is 0. The number of hydrogen-bond acceptors (Lipinski definition) is 3. The number of amides is 1. The van der Waals surface area contributed by atoms with Crippen LogP contribution in [0.5, 0.6) is 5.75 Å². The number of rotatable bonds is 5. The van der Waals surface area contributed by atoms with Crippen molar-refractivity contribution >= 4 is 5.91 Å². The van der Waals surface area contributed by atoms with Gasteiger partial charge in [-0.25, -0.2) is 0 Å². The minimum atomic E-state index is -4.76. The molecule has 1 aliphatic heterocycles. The lowest BCUT2D eigenvalue weighted by Crippen LogP contribution is -2.46. The Bertz CT molecular complexity index is 528. The van der Waals surface area contributed by atoms with Gasteiger partial charge in [0.25, 0.3) is 5.91 Å². The molecule has 23 heavy (non-hydrogen) atoms. The number of carbonyl (C=O) groups excluding carboxylic acids is 1. The predicted molar refractivity (Wildman–Crippen MR) is 80.3 cm³/mol. The first kappa shape index (κ1) is 17.6. The van der Waals surface area contributed by atoms with E-state index in [-0.39, 0.29) is 23.3 Å². The molecule has 1 N–H and O–H groups in total. The van der Waals surface area contributed by atoms with Crippen LogP contribution >= 0.6 is 0 Å². The van der Waals surface area contributed by atoms with Gasteiger partial charge in [0, 0.05) is 18.2 Å². The van der Waals surface area contributed by atoms with Gasteiger partial charge in [0.1, 0.15) is 5.75 Å². The standard InChI is InChI=1S/C16H21F3N2O2/c1-2-10-21(13-6-8-20-9-7-13)15(22)12-4-3-5-14(11-12)23-16(17,18)19/h3-5,11,13,20H,2,6-10H2,1H3. The minimum Gasteiger partial charge on any atom is -0.406 e. The van der Waals surface area contributed by atoms with Crippen LogP contribution < -0.4 is 10.1 Å². The quantitative estimate of drug-likeness (QED) is 0.901. The first-order chi connectivity index (χ1) is 10.9. The lowest BCUT2D eigenvalue weighted by molar-refractivity contribution is -0.274. The number of alkyl halides is 3. The highest BCUT2D eigenvalue weighted by molar-refractivity contribution is 5.94. The fraction of sp³-hybridized carbons (Fsp3) is 0.562. The Morgan fingerprint density at radius 2 is 2.04 bits per heavy atom. The molecule has 1 aromatic rings. The fourth-order valence-electron chi connectivity index (χ4n) is 2.80. The molecule has 2 rings (SSSR count).